The minimum absolute atomic E-state index is 0.437. The predicted octanol–water partition coefficient (Wildman–Crippen LogP) is 1.82. The highest BCUT2D eigenvalue weighted by molar-refractivity contribution is 5.32. The summed E-state index contributed by atoms with van der Waals surface area (Å²) in [6.45, 7) is 5.56. The van der Waals surface area contributed by atoms with Crippen LogP contribution in [0.1, 0.15) is 23.6 Å². The Labute approximate surface area is 122 Å². The standard InChI is InChI=1S/C16H26N2O2/c1-19-10-5-8-18(9-11-20-2)16-13-17-12-14-6-3-4-7-15(14)16/h3-4,6-7,16-17H,5,8-13H2,1-2H3. The second-order valence-electron chi connectivity index (χ2n) is 5.22. The molecule has 1 aromatic carbocycles. The SMILES string of the molecule is COCCCN(CCOC)C1CNCc2ccccc21. The van der Waals surface area contributed by atoms with Gasteiger partial charge in [-0.15, -0.1) is 0 Å². The van der Waals surface area contributed by atoms with Crippen LogP contribution < -0.4 is 5.32 Å². The van der Waals surface area contributed by atoms with Gasteiger partial charge in [-0.1, -0.05) is 24.3 Å². The van der Waals surface area contributed by atoms with E-state index in [1.165, 1.54) is 11.1 Å². The Morgan fingerprint density at radius 2 is 1.95 bits per heavy atom. The van der Waals surface area contributed by atoms with Crippen molar-refractivity contribution in [3.05, 3.63) is 35.4 Å². The predicted molar refractivity (Wildman–Crippen MR) is 80.8 cm³/mol. The third-order valence-corrected chi connectivity index (χ3v) is 3.88. The van der Waals surface area contributed by atoms with E-state index in [2.05, 4.69) is 34.5 Å². The Balaban J connectivity index is 2.07. The molecule has 1 heterocycles. The van der Waals surface area contributed by atoms with Gasteiger partial charge in [-0.05, 0) is 17.5 Å². The number of nitrogens with one attached hydrogen (secondary N) is 1. The Bertz CT molecular complexity index is 398. The quantitative estimate of drug-likeness (QED) is 0.736. The zero-order valence-electron chi connectivity index (χ0n) is 12.6. The zero-order chi connectivity index (χ0) is 14.2. The summed E-state index contributed by atoms with van der Waals surface area (Å²) in [7, 11) is 3.53. The number of hydrogen-bond acceptors (Lipinski definition) is 4. The number of ether oxygens (including phenoxy) is 2. The van der Waals surface area contributed by atoms with Crippen molar-refractivity contribution in [3.8, 4) is 0 Å². The maximum atomic E-state index is 5.26. The molecule has 0 spiro atoms. The summed E-state index contributed by atoms with van der Waals surface area (Å²) in [5, 5.41) is 3.52. The molecule has 20 heavy (non-hydrogen) atoms. The van der Waals surface area contributed by atoms with E-state index in [0.717, 1.165) is 45.8 Å². The van der Waals surface area contributed by atoms with Crippen LogP contribution in [0.15, 0.2) is 24.3 Å². The van der Waals surface area contributed by atoms with Crippen molar-refractivity contribution in [1.82, 2.24) is 10.2 Å². The molecule has 112 valence electrons. The van der Waals surface area contributed by atoms with Gasteiger partial charge in [-0.3, -0.25) is 4.90 Å². The van der Waals surface area contributed by atoms with E-state index in [-0.39, 0.29) is 0 Å². The lowest BCUT2D eigenvalue weighted by molar-refractivity contribution is 0.102. The van der Waals surface area contributed by atoms with E-state index in [1.54, 1.807) is 14.2 Å². The first kappa shape index (κ1) is 15.4. The van der Waals surface area contributed by atoms with Crippen LogP contribution in [-0.2, 0) is 16.0 Å². The van der Waals surface area contributed by atoms with Gasteiger partial charge in [0.2, 0.25) is 0 Å². The summed E-state index contributed by atoms with van der Waals surface area (Å²) in [6.07, 6.45) is 1.05. The average molecular weight is 278 g/mol. The molecule has 1 unspecified atom stereocenters. The molecule has 0 aromatic heterocycles. The van der Waals surface area contributed by atoms with Gasteiger partial charge < -0.3 is 14.8 Å². The molecule has 0 radical (unpaired) electrons. The molecule has 1 aliphatic heterocycles. The largest absolute Gasteiger partial charge is 0.385 e. The van der Waals surface area contributed by atoms with Crippen LogP contribution in [0.4, 0.5) is 0 Å². The van der Waals surface area contributed by atoms with Crippen molar-refractivity contribution in [3.63, 3.8) is 0 Å². The molecule has 0 amide bonds. The van der Waals surface area contributed by atoms with Crippen LogP contribution in [0.25, 0.3) is 0 Å². The minimum atomic E-state index is 0.437. The Hall–Kier alpha value is -0.940. The molecule has 2 rings (SSSR count). The maximum absolute atomic E-state index is 5.26. The molecular weight excluding hydrogens is 252 g/mol. The van der Waals surface area contributed by atoms with E-state index >= 15 is 0 Å². The van der Waals surface area contributed by atoms with Crippen molar-refractivity contribution < 1.29 is 9.47 Å². The molecule has 1 aliphatic rings. The number of benzene rings is 1. The zero-order valence-corrected chi connectivity index (χ0v) is 12.6. The third kappa shape index (κ3) is 4.03. The van der Waals surface area contributed by atoms with Gasteiger partial charge in [0.05, 0.1) is 6.61 Å². The molecule has 1 atom stereocenters. The summed E-state index contributed by atoms with van der Waals surface area (Å²) >= 11 is 0. The van der Waals surface area contributed by atoms with Gasteiger partial charge in [-0.25, -0.2) is 0 Å². The highest BCUT2D eigenvalue weighted by atomic mass is 16.5. The van der Waals surface area contributed by atoms with Crippen LogP contribution in [0, 0.1) is 0 Å². The van der Waals surface area contributed by atoms with Crippen molar-refractivity contribution >= 4 is 0 Å². The van der Waals surface area contributed by atoms with Crippen LogP contribution in [0.5, 0.6) is 0 Å². The molecule has 4 heteroatoms. The lowest BCUT2D eigenvalue weighted by atomic mass is 9.95. The molecule has 0 bridgehead atoms. The number of hydrogen-bond donors (Lipinski definition) is 1. The fraction of sp³-hybridized carbons (Fsp3) is 0.625. The van der Waals surface area contributed by atoms with Gasteiger partial charge in [-0.2, -0.15) is 0 Å². The number of methoxy groups -OCH3 is 2. The summed E-state index contributed by atoms with van der Waals surface area (Å²) in [5.74, 6) is 0. The monoisotopic (exact) mass is 278 g/mol. The summed E-state index contributed by atoms with van der Waals surface area (Å²) in [4.78, 5) is 2.51. The van der Waals surface area contributed by atoms with E-state index < -0.39 is 0 Å². The van der Waals surface area contributed by atoms with E-state index in [4.69, 9.17) is 9.47 Å². The molecular formula is C16H26N2O2. The molecule has 0 aliphatic carbocycles. The average Bonchev–Trinajstić information content (AvgIpc) is 2.50. The first-order chi connectivity index (χ1) is 9.86. The van der Waals surface area contributed by atoms with Gasteiger partial charge in [0.1, 0.15) is 0 Å². The second-order valence-corrected chi connectivity index (χ2v) is 5.22. The first-order valence-corrected chi connectivity index (χ1v) is 7.37. The van der Waals surface area contributed by atoms with Crippen LogP contribution in [0.3, 0.4) is 0 Å². The molecule has 0 saturated heterocycles. The summed E-state index contributed by atoms with van der Waals surface area (Å²) < 4.78 is 10.4. The topological polar surface area (TPSA) is 33.7 Å². The van der Waals surface area contributed by atoms with E-state index in [1.807, 2.05) is 0 Å². The van der Waals surface area contributed by atoms with Crippen molar-refractivity contribution in [2.24, 2.45) is 0 Å². The molecule has 0 saturated carbocycles. The maximum Gasteiger partial charge on any atom is 0.0589 e. The fourth-order valence-corrected chi connectivity index (χ4v) is 2.84. The number of rotatable bonds is 8. The minimum Gasteiger partial charge on any atom is -0.385 e. The normalized spacial score (nSPS) is 18.2. The second kappa shape index (κ2) is 8.37. The summed E-state index contributed by atoms with van der Waals surface area (Å²) in [6, 6.07) is 9.18. The van der Waals surface area contributed by atoms with Gasteiger partial charge in [0.25, 0.3) is 0 Å². The molecule has 1 aromatic rings. The molecule has 1 N–H and O–H groups in total. The Kier molecular flexibility index (Phi) is 6.47. The lowest BCUT2D eigenvalue weighted by Gasteiger charge is -2.36. The molecule has 4 nitrogen and oxygen atoms in total. The fourth-order valence-electron chi connectivity index (χ4n) is 2.84. The van der Waals surface area contributed by atoms with Gasteiger partial charge >= 0.3 is 0 Å². The van der Waals surface area contributed by atoms with Gasteiger partial charge in [0, 0.05) is 53.0 Å². The van der Waals surface area contributed by atoms with E-state index in [0.29, 0.717) is 6.04 Å². The number of fused-ring (bicyclic) bond motifs is 1. The van der Waals surface area contributed by atoms with E-state index in [9.17, 15) is 0 Å². The number of nitrogens with zero attached hydrogens (tertiary/aromatic N) is 1. The molecule has 0 fully saturated rings. The highest BCUT2D eigenvalue weighted by Gasteiger charge is 2.24. The first-order valence-electron chi connectivity index (χ1n) is 7.37. The van der Waals surface area contributed by atoms with Crippen molar-refractivity contribution in [2.45, 2.75) is 19.0 Å². The van der Waals surface area contributed by atoms with Crippen LogP contribution >= 0.6 is 0 Å². The summed E-state index contributed by atoms with van der Waals surface area (Å²) in [5.41, 5.74) is 2.87. The Morgan fingerprint density at radius 3 is 2.75 bits per heavy atom. The van der Waals surface area contributed by atoms with Crippen LogP contribution in [0.2, 0.25) is 0 Å². The van der Waals surface area contributed by atoms with Crippen molar-refractivity contribution in [1.29, 1.82) is 0 Å². The van der Waals surface area contributed by atoms with Crippen LogP contribution in [-0.4, -0.2) is 52.0 Å². The smallest absolute Gasteiger partial charge is 0.0589 e. The highest BCUT2D eigenvalue weighted by Crippen LogP contribution is 2.27. The third-order valence-electron chi connectivity index (χ3n) is 3.88. The van der Waals surface area contributed by atoms with Gasteiger partial charge in [0.15, 0.2) is 0 Å². The van der Waals surface area contributed by atoms with Crippen molar-refractivity contribution in [2.75, 3.05) is 47.1 Å². The lowest BCUT2D eigenvalue weighted by Crippen LogP contribution is -2.41. The Morgan fingerprint density at radius 1 is 1.15 bits per heavy atom.